The number of allylic oxidation sites excluding steroid dienone is 1. The molecule has 2 aromatic rings. The molecular formula is C19H18O4. The number of ketones is 1. The fraction of sp³-hybridized carbons (Fsp3) is 0.211. The molecule has 1 aliphatic rings. The third-order valence-corrected chi connectivity index (χ3v) is 3.98. The van der Waals surface area contributed by atoms with E-state index in [9.17, 15) is 4.79 Å². The maximum atomic E-state index is 12.7. The molecule has 118 valence electrons. The second kappa shape index (κ2) is 6.16. The Morgan fingerprint density at radius 1 is 0.957 bits per heavy atom. The second-order valence-electron chi connectivity index (χ2n) is 5.26. The Balaban J connectivity index is 2.11. The Kier molecular flexibility index (Phi) is 4.06. The summed E-state index contributed by atoms with van der Waals surface area (Å²) in [4.78, 5) is 12.7. The van der Waals surface area contributed by atoms with Crippen molar-refractivity contribution in [1.82, 2.24) is 0 Å². The van der Waals surface area contributed by atoms with E-state index in [0.717, 1.165) is 16.7 Å². The second-order valence-corrected chi connectivity index (χ2v) is 5.26. The van der Waals surface area contributed by atoms with Crippen LogP contribution in [0.5, 0.6) is 17.2 Å². The van der Waals surface area contributed by atoms with Gasteiger partial charge in [0.1, 0.15) is 0 Å². The lowest BCUT2D eigenvalue weighted by atomic mass is 10.1. The van der Waals surface area contributed by atoms with Gasteiger partial charge in [0.25, 0.3) is 0 Å². The van der Waals surface area contributed by atoms with Gasteiger partial charge in [0.2, 0.25) is 5.75 Å². The van der Waals surface area contributed by atoms with E-state index in [1.807, 2.05) is 36.4 Å². The van der Waals surface area contributed by atoms with Crippen molar-refractivity contribution >= 4 is 11.9 Å². The lowest BCUT2D eigenvalue weighted by molar-refractivity contribution is 0.104. The SMILES string of the molecule is COc1cc2c(c(OC)c1OC)CC(=Cc1ccccc1)C2=O. The Hall–Kier alpha value is -2.75. The van der Waals surface area contributed by atoms with Crippen LogP contribution in [0.2, 0.25) is 0 Å². The van der Waals surface area contributed by atoms with Crippen LogP contribution in [0, 0.1) is 0 Å². The fourth-order valence-corrected chi connectivity index (χ4v) is 2.90. The Labute approximate surface area is 135 Å². The van der Waals surface area contributed by atoms with Crippen molar-refractivity contribution < 1.29 is 19.0 Å². The molecule has 4 nitrogen and oxygen atoms in total. The van der Waals surface area contributed by atoms with Gasteiger partial charge >= 0.3 is 0 Å². The van der Waals surface area contributed by atoms with E-state index >= 15 is 0 Å². The molecule has 0 heterocycles. The van der Waals surface area contributed by atoms with Gasteiger partial charge in [-0.3, -0.25) is 4.79 Å². The van der Waals surface area contributed by atoms with E-state index in [4.69, 9.17) is 14.2 Å². The number of benzene rings is 2. The fourth-order valence-electron chi connectivity index (χ4n) is 2.90. The van der Waals surface area contributed by atoms with Gasteiger partial charge < -0.3 is 14.2 Å². The van der Waals surface area contributed by atoms with Crippen LogP contribution in [0.4, 0.5) is 0 Å². The first-order chi connectivity index (χ1) is 11.2. The molecule has 2 aromatic carbocycles. The molecule has 3 rings (SSSR count). The number of methoxy groups -OCH3 is 3. The predicted octanol–water partition coefficient (Wildman–Crippen LogP) is 3.53. The van der Waals surface area contributed by atoms with Crippen LogP contribution in [0.15, 0.2) is 42.0 Å². The van der Waals surface area contributed by atoms with Crippen molar-refractivity contribution in [2.75, 3.05) is 21.3 Å². The number of hydrogen-bond acceptors (Lipinski definition) is 4. The summed E-state index contributed by atoms with van der Waals surface area (Å²) in [5, 5.41) is 0. The standard InChI is InChI=1S/C19H18O4/c1-21-16-11-14-15(18(22-2)19(16)23-3)10-13(17(14)20)9-12-7-5-4-6-8-12/h4-9,11H,10H2,1-3H3. The van der Waals surface area contributed by atoms with E-state index in [1.54, 1.807) is 27.4 Å². The van der Waals surface area contributed by atoms with Crippen LogP contribution in [0.1, 0.15) is 21.5 Å². The Bertz CT molecular complexity index is 776. The lowest BCUT2D eigenvalue weighted by Crippen LogP contribution is -2.00. The number of hydrogen-bond donors (Lipinski definition) is 0. The zero-order chi connectivity index (χ0) is 16.4. The molecule has 4 heteroatoms. The van der Waals surface area contributed by atoms with Crippen LogP contribution in [-0.4, -0.2) is 27.1 Å². The molecule has 0 saturated carbocycles. The van der Waals surface area contributed by atoms with Gasteiger partial charge in [-0.15, -0.1) is 0 Å². The predicted molar refractivity (Wildman–Crippen MR) is 88.6 cm³/mol. The van der Waals surface area contributed by atoms with Crippen molar-refractivity contribution in [2.45, 2.75) is 6.42 Å². The zero-order valence-electron chi connectivity index (χ0n) is 13.4. The molecule has 0 fully saturated rings. The molecule has 0 N–H and O–H groups in total. The van der Waals surface area contributed by atoms with Crippen LogP contribution >= 0.6 is 0 Å². The molecule has 0 aromatic heterocycles. The number of carbonyl (C=O) groups is 1. The largest absolute Gasteiger partial charge is 0.493 e. The summed E-state index contributed by atoms with van der Waals surface area (Å²) >= 11 is 0. The molecule has 0 saturated heterocycles. The van der Waals surface area contributed by atoms with Gasteiger partial charge in [-0.2, -0.15) is 0 Å². The molecule has 1 aliphatic carbocycles. The average Bonchev–Trinajstić information content (AvgIpc) is 2.89. The highest BCUT2D eigenvalue weighted by Gasteiger charge is 2.32. The van der Waals surface area contributed by atoms with E-state index in [0.29, 0.717) is 29.2 Å². The van der Waals surface area contributed by atoms with Crippen molar-refractivity contribution in [3.05, 3.63) is 58.7 Å². The molecule has 0 bridgehead atoms. The molecule has 0 amide bonds. The van der Waals surface area contributed by atoms with Crippen LogP contribution in [-0.2, 0) is 6.42 Å². The minimum absolute atomic E-state index is 0.00288. The summed E-state index contributed by atoms with van der Waals surface area (Å²) < 4.78 is 16.2. The highest BCUT2D eigenvalue weighted by molar-refractivity contribution is 6.16. The van der Waals surface area contributed by atoms with E-state index in [1.165, 1.54) is 0 Å². The maximum absolute atomic E-state index is 12.7. The molecular weight excluding hydrogens is 292 g/mol. The van der Waals surface area contributed by atoms with Crippen LogP contribution < -0.4 is 14.2 Å². The molecule has 0 unspecified atom stereocenters. The first kappa shape index (κ1) is 15.2. The topological polar surface area (TPSA) is 44.8 Å². The van der Waals surface area contributed by atoms with Crippen molar-refractivity contribution in [3.8, 4) is 17.2 Å². The summed E-state index contributed by atoms with van der Waals surface area (Å²) in [5.74, 6) is 1.58. The minimum atomic E-state index is 0.00288. The van der Waals surface area contributed by atoms with Crippen molar-refractivity contribution in [1.29, 1.82) is 0 Å². The smallest absolute Gasteiger partial charge is 0.203 e. The van der Waals surface area contributed by atoms with Gasteiger partial charge in [-0.25, -0.2) is 0 Å². The van der Waals surface area contributed by atoms with Crippen LogP contribution in [0.25, 0.3) is 6.08 Å². The molecule has 0 aliphatic heterocycles. The highest BCUT2D eigenvalue weighted by atomic mass is 16.5. The number of fused-ring (bicyclic) bond motifs is 1. The van der Waals surface area contributed by atoms with Crippen LogP contribution in [0.3, 0.4) is 0 Å². The Morgan fingerprint density at radius 2 is 1.65 bits per heavy atom. The summed E-state index contributed by atoms with van der Waals surface area (Å²) in [5.41, 5.74) is 3.19. The molecule has 0 spiro atoms. The van der Waals surface area contributed by atoms with Gasteiger partial charge in [0.15, 0.2) is 17.3 Å². The van der Waals surface area contributed by atoms with Crippen molar-refractivity contribution in [2.24, 2.45) is 0 Å². The molecule has 0 atom stereocenters. The number of ether oxygens (including phenoxy) is 3. The normalized spacial score (nSPS) is 14.7. The zero-order valence-corrected chi connectivity index (χ0v) is 13.4. The maximum Gasteiger partial charge on any atom is 0.203 e. The first-order valence-electron chi connectivity index (χ1n) is 7.31. The van der Waals surface area contributed by atoms with E-state index < -0.39 is 0 Å². The summed E-state index contributed by atoms with van der Waals surface area (Å²) in [6, 6.07) is 11.5. The van der Waals surface area contributed by atoms with Gasteiger partial charge in [0.05, 0.1) is 21.3 Å². The third-order valence-electron chi connectivity index (χ3n) is 3.98. The lowest BCUT2D eigenvalue weighted by Gasteiger charge is -2.15. The molecule has 23 heavy (non-hydrogen) atoms. The van der Waals surface area contributed by atoms with Gasteiger partial charge in [-0.05, 0) is 17.7 Å². The van der Waals surface area contributed by atoms with Crippen molar-refractivity contribution in [3.63, 3.8) is 0 Å². The van der Waals surface area contributed by atoms with Gasteiger partial charge in [0, 0.05) is 23.1 Å². The summed E-state index contributed by atoms with van der Waals surface area (Å²) in [6.07, 6.45) is 2.44. The third kappa shape index (κ3) is 2.57. The van der Waals surface area contributed by atoms with E-state index in [-0.39, 0.29) is 5.78 Å². The first-order valence-corrected chi connectivity index (χ1v) is 7.31. The summed E-state index contributed by atoms with van der Waals surface area (Å²) in [6.45, 7) is 0. The minimum Gasteiger partial charge on any atom is -0.493 e. The number of carbonyl (C=O) groups excluding carboxylic acids is 1. The molecule has 0 radical (unpaired) electrons. The summed E-state index contributed by atoms with van der Waals surface area (Å²) in [7, 11) is 4.68. The highest BCUT2D eigenvalue weighted by Crippen LogP contribution is 2.46. The monoisotopic (exact) mass is 310 g/mol. The average molecular weight is 310 g/mol. The number of rotatable bonds is 4. The quantitative estimate of drug-likeness (QED) is 0.810. The van der Waals surface area contributed by atoms with Gasteiger partial charge in [-0.1, -0.05) is 30.3 Å². The van der Waals surface area contributed by atoms with E-state index in [2.05, 4.69) is 0 Å². The number of Topliss-reactive ketones (excluding diaryl/α,β-unsaturated/α-hetero) is 1. The Morgan fingerprint density at radius 3 is 2.26 bits per heavy atom.